The fourth-order valence-electron chi connectivity index (χ4n) is 2.48. The molecular formula is C14H23N3O. The zero-order chi connectivity index (χ0) is 13.2. The van der Waals surface area contributed by atoms with E-state index in [2.05, 4.69) is 31.4 Å². The third-order valence-corrected chi connectivity index (χ3v) is 3.69. The predicted molar refractivity (Wildman–Crippen MR) is 72.8 cm³/mol. The van der Waals surface area contributed by atoms with E-state index in [1.165, 1.54) is 0 Å². The smallest absolute Gasteiger partial charge is 0.268 e. The summed E-state index contributed by atoms with van der Waals surface area (Å²) in [7, 11) is 0. The molecule has 2 N–H and O–H groups in total. The van der Waals surface area contributed by atoms with Gasteiger partial charge in [-0.15, -0.1) is 0 Å². The average Bonchev–Trinajstić information content (AvgIpc) is 2.78. The predicted octanol–water partition coefficient (Wildman–Crippen LogP) is 1.94. The highest BCUT2D eigenvalue weighted by Crippen LogP contribution is 2.19. The minimum atomic E-state index is -0.0750. The lowest BCUT2D eigenvalue weighted by atomic mass is 9.90. The molecule has 0 aromatic carbocycles. The maximum atomic E-state index is 12.4. The normalized spacial score (nSPS) is 18.9. The van der Waals surface area contributed by atoms with E-state index in [4.69, 9.17) is 0 Å². The molecule has 0 bridgehead atoms. The van der Waals surface area contributed by atoms with Gasteiger partial charge in [-0.2, -0.15) is 0 Å². The molecule has 1 aliphatic rings. The van der Waals surface area contributed by atoms with Gasteiger partial charge in [0.2, 0.25) is 0 Å². The Bertz CT molecular complexity index is 416. The molecule has 1 amide bonds. The zero-order valence-corrected chi connectivity index (χ0v) is 11.5. The molecule has 0 aliphatic carbocycles. The largest absolute Gasteiger partial charge is 0.346 e. The Morgan fingerprint density at radius 1 is 1.44 bits per heavy atom. The van der Waals surface area contributed by atoms with Gasteiger partial charge in [0.25, 0.3) is 5.91 Å². The summed E-state index contributed by atoms with van der Waals surface area (Å²) in [5, 5.41) is 6.51. The minimum Gasteiger partial charge on any atom is -0.346 e. The third kappa shape index (κ3) is 2.75. The van der Waals surface area contributed by atoms with Crippen molar-refractivity contribution < 1.29 is 4.79 Å². The molecule has 4 nitrogen and oxygen atoms in total. The summed E-state index contributed by atoms with van der Waals surface area (Å²) in [5.74, 6) is 0.0399. The maximum absolute atomic E-state index is 12.4. The molecule has 0 radical (unpaired) electrons. The van der Waals surface area contributed by atoms with E-state index in [-0.39, 0.29) is 11.4 Å². The number of nitrogens with zero attached hydrogens (tertiary/aromatic N) is 1. The van der Waals surface area contributed by atoms with E-state index in [1.54, 1.807) is 0 Å². The number of amides is 1. The number of hydrogen-bond acceptors (Lipinski definition) is 2. The lowest BCUT2D eigenvalue weighted by molar-refractivity contribution is 0.0876. The number of aromatic nitrogens is 1. The van der Waals surface area contributed by atoms with Crippen molar-refractivity contribution in [3.8, 4) is 0 Å². The summed E-state index contributed by atoms with van der Waals surface area (Å²) in [6, 6.07) is 4.13. The van der Waals surface area contributed by atoms with E-state index in [0.29, 0.717) is 6.04 Å². The summed E-state index contributed by atoms with van der Waals surface area (Å²) in [6.07, 6.45) is 3.94. The zero-order valence-electron chi connectivity index (χ0n) is 11.5. The third-order valence-electron chi connectivity index (χ3n) is 3.69. The Kier molecular flexibility index (Phi) is 3.76. The first-order chi connectivity index (χ1) is 8.52. The summed E-state index contributed by atoms with van der Waals surface area (Å²) in [6.45, 7) is 8.25. The van der Waals surface area contributed by atoms with E-state index in [0.717, 1.165) is 31.6 Å². The van der Waals surface area contributed by atoms with Crippen LogP contribution in [0.25, 0.3) is 0 Å². The highest BCUT2D eigenvalue weighted by atomic mass is 16.2. The van der Waals surface area contributed by atoms with Gasteiger partial charge >= 0.3 is 0 Å². The van der Waals surface area contributed by atoms with Gasteiger partial charge in [0, 0.05) is 17.8 Å². The Hall–Kier alpha value is -1.29. The first kappa shape index (κ1) is 13.1. The second-order valence-electron chi connectivity index (χ2n) is 5.66. The van der Waals surface area contributed by atoms with Gasteiger partial charge in [-0.3, -0.25) is 4.79 Å². The molecule has 1 saturated heterocycles. The van der Waals surface area contributed by atoms with Gasteiger partial charge in [0.05, 0.1) is 0 Å². The van der Waals surface area contributed by atoms with Crippen LogP contribution < -0.4 is 10.6 Å². The van der Waals surface area contributed by atoms with E-state index < -0.39 is 0 Å². The fourth-order valence-corrected chi connectivity index (χ4v) is 2.48. The molecule has 2 rings (SSSR count). The first-order valence-electron chi connectivity index (χ1n) is 6.72. The molecule has 0 unspecified atom stereocenters. The van der Waals surface area contributed by atoms with Crippen molar-refractivity contribution in [2.45, 2.75) is 45.2 Å². The Morgan fingerprint density at radius 2 is 2.11 bits per heavy atom. The van der Waals surface area contributed by atoms with Crippen LogP contribution in [0.5, 0.6) is 0 Å². The number of rotatable bonds is 3. The van der Waals surface area contributed by atoms with Crippen LogP contribution in [0.3, 0.4) is 0 Å². The number of nitrogens with one attached hydrogen (secondary N) is 2. The van der Waals surface area contributed by atoms with Gasteiger partial charge in [0.15, 0.2) is 0 Å². The van der Waals surface area contributed by atoms with Gasteiger partial charge in [-0.05, 0) is 58.8 Å². The molecule has 0 saturated carbocycles. The van der Waals surface area contributed by atoms with Crippen LogP contribution in [0.1, 0.15) is 50.1 Å². The second-order valence-corrected chi connectivity index (χ2v) is 5.66. The highest BCUT2D eigenvalue weighted by Gasteiger charge is 2.29. The van der Waals surface area contributed by atoms with Crippen LogP contribution >= 0.6 is 0 Å². The lowest BCUT2D eigenvalue weighted by Gasteiger charge is -2.35. The van der Waals surface area contributed by atoms with Crippen molar-refractivity contribution in [3.63, 3.8) is 0 Å². The number of carbonyl (C=O) groups is 1. The topological polar surface area (TPSA) is 46.1 Å². The second kappa shape index (κ2) is 5.14. The molecular weight excluding hydrogens is 226 g/mol. The van der Waals surface area contributed by atoms with Crippen LogP contribution in [-0.4, -0.2) is 29.1 Å². The standard InChI is InChI=1S/C14H23N3O/c1-11(2)17-10-4-5-12(17)13(18)16-14(3)6-8-15-9-7-14/h4-5,10-11,15H,6-9H2,1-3H3,(H,16,18). The van der Waals surface area contributed by atoms with Crippen molar-refractivity contribution in [2.24, 2.45) is 0 Å². The van der Waals surface area contributed by atoms with Crippen LogP contribution in [0.4, 0.5) is 0 Å². The molecule has 1 fully saturated rings. The van der Waals surface area contributed by atoms with Crippen molar-refractivity contribution in [1.29, 1.82) is 0 Å². The summed E-state index contributed by atoms with van der Waals surface area (Å²) < 4.78 is 2.01. The molecule has 100 valence electrons. The van der Waals surface area contributed by atoms with Crippen molar-refractivity contribution in [3.05, 3.63) is 24.0 Å². The van der Waals surface area contributed by atoms with Crippen LogP contribution in [0.2, 0.25) is 0 Å². The monoisotopic (exact) mass is 249 g/mol. The number of hydrogen-bond donors (Lipinski definition) is 2. The lowest BCUT2D eigenvalue weighted by Crippen LogP contribution is -2.52. The minimum absolute atomic E-state index is 0.0399. The molecule has 2 heterocycles. The Morgan fingerprint density at radius 3 is 2.72 bits per heavy atom. The Balaban J connectivity index is 2.09. The van der Waals surface area contributed by atoms with E-state index in [9.17, 15) is 4.79 Å². The van der Waals surface area contributed by atoms with Crippen molar-refractivity contribution in [1.82, 2.24) is 15.2 Å². The highest BCUT2D eigenvalue weighted by molar-refractivity contribution is 5.93. The van der Waals surface area contributed by atoms with Gasteiger partial charge in [0.1, 0.15) is 5.69 Å². The molecule has 0 atom stereocenters. The molecule has 4 heteroatoms. The summed E-state index contributed by atoms with van der Waals surface area (Å²) in [4.78, 5) is 12.4. The van der Waals surface area contributed by atoms with Crippen molar-refractivity contribution in [2.75, 3.05) is 13.1 Å². The summed E-state index contributed by atoms with van der Waals surface area (Å²) in [5.41, 5.74) is 0.679. The fraction of sp³-hybridized carbons (Fsp3) is 0.643. The first-order valence-corrected chi connectivity index (χ1v) is 6.72. The van der Waals surface area contributed by atoms with E-state index in [1.807, 2.05) is 22.9 Å². The molecule has 0 spiro atoms. The van der Waals surface area contributed by atoms with Crippen LogP contribution in [-0.2, 0) is 0 Å². The SMILES string of the molecule is CC(C)n1cccc1C(=O)NC1(C)CCNCC1. The maximum Gasteiger partial charge on any atom is 0.268 e. The van der Waals surface area contributed by atoms with Gasteiger partial charge < -0.3 is 15.2 Å². The van der Waals surface area contributed by atoms with Gasteiger partial charge in [-0.25, -0.2) is 0 Å². The molecule has 1 aromatic heterocycles. The van der Waals surface area contributed by atoms with Crippen LogP contribution in [0.15, 0.2) is 18.3 Å². The van der Waals surface area contributed by atoms with E-state index >= 15 is 0 Å². The quantitative estimate of drug-likeness (QED) is 0.860. The number of piperidine rings is 1. The van der Waals surface area contributed by atoms with Crippen LogP contribution in [0, 0.1) is 0 Å². The van der Waals surface area contributed by atoms with Gasteiger partial charge in [-0.1, -0.05) is 0 Å². The average molecular weight is 249 g/mol. The number of carbonyl (C=O) groups excluding carboxylic acids is 1. The van der Waals surface area contributed by atoms with Crippen molar-refractivity contribution >= 4 is 5.91 Å². The summed E-state index contributed by atoms with van der Waals surface area (Å²) >= 11 is 0. The Labute approximate surface area is 109 Å². The molecule has 1 aliphatic heterocycles. The molecule has 18 heavy (non-hydrogen) atoms. The molecule has 1 aromatic rings.